The van der Waals surface area contributed by atoms with Crippen LogP contribution in [0.4, 0.5) is 30.7 Å². The smallest absolute Gasteiger partial charge is 0.416 e. The fraction of sp³-hybridized carbons (Fsp3) is 0.480. The molecule has 2 aromatic heterocycles. The number of unbranched alkanes of at least 4 members (excludes halogenated alkanes) is 2. The molecule has 9 nitrogen and oxygen atoms in total. The van der Waals surface area contributed by atoms with Crippen molar-refractivity contribution in [3.05, 3.63) is 53.4 Å². The van der Waals surface area contributed by atoms with Gasteiger partial charge in [-0.15, -0.1) is 5.10 Å². The zero-order valence-corrected chi connectivity index (χ0v) is 21.3. The summed E-state index contributed by atoms with van der Waals surface area (Å²) in [6, 6.07) is 4.35. The number of nitrogens with zero attached hydrogens (tertiary/aromatic N) is 5. The topological polar surface area (TPSA) is 111 Å². The fourth-order valence-corrected chi connectivity index (χ4v) is 4.78. The Morgan fingerprint density at radius 2 is 1.85 bits per heavy atom. The molecular weight excluding hydrogens is 563 g/mol. The Balaban J connectivity index is 1.44. The van der Waals surface area contributed by atoms with Gasteiger partial charge in [0.05, 0.1) is 23.9 Å². The van der Waals surface area contributed by atoms with Gasteiger partial charge in [-0.3, -0.25) is 9.48 Å². The molecule has 0 bridgehead atoms. The molecule has 0 spiro atoms. The third-order valence-electron chi connectivity index (χ3n) is 6.98. The van der Waals surface area contributed by atoms with Gasteiger partial charge < -0.3 is 10.1 Å². The van der Waals surface area contributed by atoms with Crippen LogP contribution >= 0.6 is 0 Å². The molecule has 41 heavy (non-hydrogen) atoms. The summed E-state index contributed by atoms with van der Waals surface area (Å²) in [7, 11) is 0. The molecule has 1 aliphatic carbocycles. The van der Waals surface area contributed by atoms with E-state index in [4.69, 9.17) is 4.74 Å². The first-order chi connectivity index (χ1) is 19.4. The Kier molecular flexibility index (Phi) is 7.50. The number of halogens is 7. The minimum absolute atomic E-state index is 0.0527. The summed E-state index contributed by atoms with van der Waals surface area (Å²) in [6.07, 6.45) is -7.59. The summed E-state index contributed by atoms with van der Waals surface area (Å²) in [5, 5.41) is 19.3. The van der Waals surface area contributed by atoms with Gasteiger partial charge in [0.2, 0.25) is 0 Å². The normalized spacial score (nSPS) is 19.9. The molecule has 1 aromatic carbocycles. The molecule has 1 aliphatic heterocycles. The van der Waals surface area contributed by atoms with E-state index in [2.05, 4.69) is 25.7 Å². The fourth-order valence-electron chi connectivity index (χ4n) is 4.78. The highest BCUT2D eigenvalue weighted by Gasteiger charge is 2.61. The monoisotopic (exact) mass is 587 g/mol. The van der Waals surface area contributed by atoms with Gasteiger partial charge in [-0.05, 0) is 66.3 Å². The molecule has 5 rings (SSSR count). The first-order valence-corrected chi connectivity index (χ1v) is 12.8. The molecule has 1 amide bonds. The zero-order chi connectivity index (χ0) is 29.4. The quantitative estimate of drug-likeness (QED) is 0.247. The van der Waals surface area contributed by atoms with Gasteiger partial charge in [-0.1, -0.05) is 0 Å². The number of rotatable bonds is 10. The Hall–Kier alpha value is -3.98. The number of amides is 1. The molecule has 3 aromatic rings. The van der Waals surface area contributed by atoms with Gasteiger partial charge in [-0.25, -0.2) is 9.49 Å². The zero-order valence-electron chi connectivity index (χ0n) is 21.3. The standard InChI is InChI=1S/C25H24F7N7O2/c26-18-12-15(41-11-3-1-2-9-24(27,28)29)6-7-17(18)23(25(30,31)32)13-16(19-8-10-39(36-19)14-4-5-14)20(22(40)33-23)21-34-37-38-35-21/h6-8,10,12,14H,1-5,9,11,13H2,(H,33,40)(H,34,35,37,38)/t23-/m0/s1. The number of tetrazole rings is 1. The molecule has 2 aliphatic rings. The number of carbonyl (C=O) groups excluding carboxylic acids is 1. The highest BCUT2D eigenvalue weighted by atomic mass is 19.4. The highest BCUT2D eigenvalue weighted by Crippen LogP contribution is 2.50. The van der Waals surface area contributed by atoms with Crippen molar-refractivity contribution in [1.82, 2.24) is 35.7 Å². The molecule has 1 saturated carbocycles. The average Bonchev–Trinajstić information content (AvgIpc) is 3.37. The predicted molar refractivity (Wildman–Crippen MR) is 128 cm³/mol. The van der Waals surface area contributed by atoms with Gasteiger partial charge in [0.15, 0.2) is 11.4 Å². The Bertz CT molecular complexity index is 1430. The van der Waals surface area contributed by atoms with E-state index in [1.807, 2.05) is 5.32 Å². The second-order valence-electron chi connectivity index (χ2n) is 9.97. The average molecular weight is 587 g/mol. The van der Waals surface area contributed by atoms with Crippen LogP contribution in [0.15, 0.2) is 30.5 Å². The van der Waals surface area contributed by atoms with Crippen LogP contribution in [0.3, 0.4) is 0 Å². The molecule has 0 unspecified atom stereocenters. The number of alkyl halides is 6. The van der Waals surface area contributed by atoms with Gasteiger partial charge in [0.1, 0.15) is 11.6 Å². The van der Waals surface area contributed by atoms with Crippen molar-refractivity contribution in [3.8, 4) is 5.75 Å². The summed E-state index contributed by atoms with van der Waals surface area (Å²) < 4.78 is 104. The van der Waals surface area contributed by atoms with Crippen molar-refractivity contribution >= 4 is 17.1 Å². The van der Waals surface area contributed by atoms with Gasteiger partial charge in [0, 0.05) is 30.7 Å². The number of aromatic nitrogens is 6. The lowest BCUT2D eigenvalue weighted by Crippen LogP contribution is -2.59. The molecule has 0 saturated heterocycles. The van der Waals surface area contributed by atoms with E-state index in [-0.39, 0.29) is 60.3 Å². The number of benzene rings is 1. The van der Waals surface area contributed by atoms with Crippen LogP contribution in [0.25, 0.3) is 11.1 Å². The summed E-state index contributed by atoms with van der Waals surface area (Å²) in [5.74, 6) is -2.74. The molecule has 1 fully saturated rings. The largest absolute Gasteiger partial charge is 0.493 e. The third-order valence-corrected chi connectivity index (χ3v) is 6.98. The maximum atomic E-state index is 15.4. The van der Waals surface area contributed by atoms with Crippen LogP contribution in [0.5, 0.6) is 5.75 Å². The molecule has 1 atom stereocenters. The first-order valence-electron chi connectivity index (χ1n) is 12.8. The number of ether oxygens (including phenoxy) is 1. The number of aromatic amines is 1. The maximum absolute atomic E-state index is 15.4. The van der Waals surface area contributed by atoms with Crippen LogP contribution in [-0.2, 0) is 10.3 Å². The SMILES string of the molecule is O=C1N[C@@](c2ccc(OCCCCCC(F)(F)F)cc2F)(C(F)(F)F)CC(c2ccn(C3CC3)n2)=C1c1nnn[nH]1. The minimum atomic E-state index is -5.15. The maximum Gasteiger partial charge on any atom is 0.416 e. The van der Waals surface area contributed by atoms with Crippen LogP contribution in [0.1, 0.15) is 68.1 Å². The second kappa shape index (κ2) is 10.8. The van der Waals surface area contributed by atoms with E-state index in [1.165, 1.54) is 6.07 Å². The summed E-state index contributed by atoms with van der Waals surface area (Å²) in [4.78, 5) is 13.3. The summed E-state index contributed by atoms with van der Waals surface area (Å²) >= 11 is 0. The molecule has 2 N–H and O–H groups in total. The number of carbonyl (C=O) groups is 1. The van der Waals surface area contributed by atoms with E-state index in [0.29, 0.717) is 0 Å². The molecular formula is C25H24F7N7O2. The Morgan fingerprint density at radius 1 is 1.07 bits per heavy atom. The van der Waals surface area contributed by atoms with Gasteiger partial charge >= 0.3 is 12.4 Å². The lowest BCUT2D eigenvalue weighted by molar-refractivity contribution is -0.202. The molecule has 0 radical (unpaired) electrons. The molecule has 16 heteroatoms. The van der Waals surface area contributed by atoms with Crippen molar-refractivity contribution in [2.75, 3.05) is 6.61 Å². The van der Waals surface area contributed by atoms with Gasteiger partial charge in [-0.2, -0.15) is 31.4 Å². The van der Waals surface area contributed by atoms with E-state index < -0.39 is 48.0 Å². The lowest BCUT2D eigenvalue weighted by Gasteiger charge is -2.41. The van der Waals surface area contributed by atoms with E-state index >= 15 is 4.39 Å². The summed E-state index contributed by atoms with van der Waals surface area (Å²) in [6.45, 7) is -0.0527. The third kappa shape index (κ3) is 6.05. The van der Waals surface area contributed by atoms with E-state index in [9.17, 15) is 31.1 Å². The number of nitrogens with one attached hydrogen (secondary N) is 2. The van der Waals surface area contributed by atoms with Crippen LogP contribution in [0, 0.1) is 5.82 Å². The van der Waals surface area contributed by atoms with Crippen molar-refractivity contribution in [3.63, 3.8) is 0 Å². The number of hydrogen-bond acceptors (Lipinski definition) is 6. The minimum Gasteiger partial charge on any atom is -0.493 e. The van der Waals surface area contributed by atoms with Crippen LogP contribution < -0.4 is 10.1 Å². The summed E-state index contributed by atoms with van der Waals surface area (Å²) in [5.41, 5.74) is -4.29. The van der Waals surface area contributed by atoms with E-state index in [1.54, 1.807) is 10.9 Å². The van der Waals surface area contributed by atoms with Crippen LogP contribution in [0.2, 0.25) is 0 Å². The first kappa shape index (κ1) is 28.5. The van der Waals surface area contributed by atoms with E-state index in [0.717, 1.165) is 31.0 Å². The van der Waals surface area contributed by atoms with Crippen molar-refractivity contribution in [2.45, 2.75) is 68.9 Å². The van der Waals surface area contributed by atoms with Crippen molar-refractivity contribution in [1.29, 1.82) is 0 Å². The second-order valence-corrected chi connectivity index (χ2v) is 9.97. The predicted octanol–water partition coefficient (Wildman–Crippen LogP) is 5.26. The molecule has 220 valence electrons. The van der Waals surface area contributed by atoms with Gasteiger partial charge in [0.25, 0.3) is 5.91 Å². The van der Waals surface area contributed by atoms with Crippen LogP contribution in [-0.4, -0.2) is 55.3 Å². The Morgan fingerprint density at radius 3 is 2.49 bits per heavy atom. The lowest BCUT2D eigenvalue weighted by atomic mass is 9.77. The molecule has 3 heterocycles. The highest BCUT2D eigenvalue weighted by molar-refractivity contribution is 6.27. The number of hydrogen-bond donors (Lipinski definition) is 2. The van der Waals surface area contributed by atoms with Crippen molar-refractivity contribution < 1.29 is 40.3 Å². The van der Waals surface area contributed by atoms with Crippen molar-refractivity contribution in [2.24, 2.45) is 0 Å². The Labute approximate surface area is 228 Å². The number of H-pyrrole nitrogens is 1.